The van der Waals surface area contributed by atoms with Gasteiger partial charge < -0.3 is 14.4 Å². The van der Waals surface area contributed by atoms with Crippen LogP contribution in [0.15, 0.2) is 30.3 Å². The highest BCUT2D eigenvalue weighted by Crippen LogP contribution is 2.24. The highest BCUT2D eigenvalue weighted by Gasteiger charge is 2.29. The van der Waals surface area contributed by atoms with E-state index in [2.05, 4.69) is 23.1 Å². The van der Waals surface area contributed by atoms with Crippen molar-refractivity contribution in [2.75, 3.05) is 39.9 Å². The van der Waals surface area contributed by atoms with Gasteiger partial charge in [-0.25, -0.2) is 4.98 Å². The third-order valence-corrected chi connectivity index (χ3v) is 5.45. The van der Waals surface area contributed by atoms with Crippen molar-refractivity contribution in [2.24, 2.45) is 0 Å². The molecule has 2 fully saturated rings. The number of fused-ring (bicyclic) bond motifs is 1. The third-order valence-electron chi connectivity index (χ3n) is 5.45. The molecule has 1 amide bonds. The molecule has 2 saturated heterocycles. The lowest BCUT2D eigenvalue weighted by Gasteiger charge is -2.24. The maximum Gasteiger partial charge on any atom is 0.251 e. The first-order chi connectivity index (χ1) is 13.2. The molecule has 2 aliphatic heterocycles. The minimum Gasteiger partial charge on any atom is -0.494 e. The smallest absolute Gasteiger partial charge is 0.251 e. The normalized spacial score (nSPS) is 21.4. The van der Waals surface area contributed by atoms with Gasteiger partial charge in [-0.2, -0.15) is 0 Å². The van der Waals surface area contributed by atoms with E-state index in [1.54, 1.807) is 7.11 Å². The molecule has 27 heavy (non-hydrogen) atoms. The van der Waals surface area contributed by atoms with Crippen molar-refractivity contribution < 1.29 is 14.3 Å². The van der Waals surface area contributed by atoms with Crippen molar-refractivity contribution in [3.63, 3.8) is 0 Å². The van der Waals surface area contributed by atoms with E-state index in [-0.39, 0.29) is 12.0 Å². The van der Waals surface area contributed by atoms with E-state index in [1.807, 2.05) is 17.0 Å². The van der Waals surface area contributed by atoms with Crippen LogP contribution in [0.4, 0.5) is 0 Å². The number of ether oxygens (including phenoxy) is 2. The molecule has 2 aliphatic rings. The van der Waals surface area contributed by atoms with Crippen molar-refractivity contribution in [2.45, 2.75) is 31.9 Å². The predicted molar refractivity (Wildman–Crippen MR) is 104 cm³/mol. The van der Waals surface area contributed by atoms with Crippen molar-refractivity contribution >= 4 is 16.8 Å². The SMILES string of the molecule is COc1cccc2ccc(CN3CCCN(C(=O)C4CCCO4)CC3)nc12. The van der Waals surface area contributed by atoms with Crippen LogP contribution >= 0.6 is 0 Å². The van der Waals surface area contributed by atoms with Crippen LogP contribution in [-0.4, -0.2) is 66.7 Å². The van der Waals surface area contributed by atoms with E-state index >= 15 is 0 Å². The minimum absolute atomic E-state index is 0.169. The molecule has 1 aromatic carbocycles. The van der Waals surface area contributed by atoms with E-state index in [0.717, 1.165) is 74.3 Å². The van der Waals surface area contributed by atoms with Gasteiger partial charge in [0, 0.05) is 44.7 Å². The fraction of sp³-hybridized carbons (Fsp3) is 0.524. The van der Waals surface area contributed by atoms with Gasteiger partial charge in [0.05, 0.1) is 12.8 Å². The number of nitrogens with zero attached hydrogens (tertiary/aromatic N) is 3. The average Bonchev–Trinajstić information content (AvgIpc) is 3.14. The minimum atomic E-state index is -0.217. The number of hydrogen-bond donors (Lipinski definition) is 0. The number of amides is 1. The molecular weight excluding hydrogens is 342 g/mol. The number of benzene rings is 1. The summed E-state index contributed by atoms with van der Waals surface area (Å²) in [6.07, 6.45) is 2.62. The molecule has 0 aliphatic carbocycles. The number of carbonyl (C=O) groups is 1. The van der Waals surface area contributed by atoms with Crippen LogP contribution in [0.5, 0.6) is 5.75 Å². The number of aromatic nitrogens is 1. The molecule has 1 unspecified atom stereocenters. The lowest BCUT2D eigenvalue weighted by molar-refractivity contribution is -0.140. The summed E-state index contributed by atoms with van der Waals surface area (Å²) in [5, 5.41) is 1.09. The van der Waals surface area contributed by atoms with Gasteiger partial charge in [-0.05, 0) is 31.4 Å². The Bertz CT molecular complexity index is 804. The first-order valence-corrected chi connectivity index (χ1v) is 9.80. The number of pyridine rings is 1. The van der Waals surface area contributed by atoms with Crippen molar-refractivity contribution in [1.29, 1.82) is 0 Å². The zero-order valence-electron chi connectivity index (χ0n) is 15.9. The van der Waals surface area contributed by atoms with E-state index in [9.17, 15) is 4.79 Å². The Kier molecular flexibility index (Phi) is 5.55. The predicted octanol–water partition coefficient (Wildman–Crippen LogP) is 2.46. The highest BCUT2D eigenvalue weighted by atomic mass is 16.5. The number of para-hydroxylation sites is 1. The number of carbonyl (C=O) groups excluding carboxylic acids is 1. The Balaban J connectivity index is 1.41. The number of hydrogen-bond acceptors (Lipinski definition) is 5. The van der Waals surface area contributed by atoms with Crippen LogP contribution < -0.4 is 4.74 Å². The van der Waals surface area contributed by atoms with Crippen LogP contribution in [0.25, 0.3) is 10.9 Å². The lowest BCUT2D eigenvalue weighted by Crippen LogP contribution is -2.41. The standard InChI is InChI=1S/C21H27N3O3/c1-26-18-6-2-5-16-8-9-17(22-20(16)18)15-23-10-4-11-24(13-12-23)21(25)19-7-3-14-27-19/h2,5-6,8-9,19H,3-4,7,10-15H2,1H3. The molecule has 144 valence electrons. The van der Waals surface area contributed by atoms with E-state index in [1.165, 1.54) is 0 Å². The Morgan fingerprint density at radius 3 is 2.93 bits per heavy atom. The molecule has 2 aromatic rings. The molecule has 0 N–H and O–H groups in total. The monoisotopic (exact) mass is 369 g/mol. The van der Waals surface area contributed by atoms with E-state index in [0.29, 0.717) is 6.61 Å². The molecule has 0 saturated carbocycles. The van der Waals surface area contributed by atoms with Crippen LogP contribution in [0.3, 0.4) is 0 Å². The zero-order valence-corrected chi connectivity index (χ0v) is 15.9. The summed E-state index contributed by atoms with van der Waals surface area (Å²) in [6.45, 7) is 4.91. The quantitative estimate of drug-likeness (QED) is 0.829. The summed E-state index contributed by atoms with van der Waals surface area (Å²) in [6, 6.07) is 10.2. The Hall–Kier alpha value is -2.18. The highest BCUT2D eigenvalue weighted by molar-refractivity contribution is 5.84. The van der Waals surface area contributed by atoms with Crippen LogP contribution in [0.2, 0.25) is 0 Å². The fourth-order valence-corrected chi connectivity index (χ4v) is 3.97. The Morgan fingerprint density at radius 1 is 1.19 bits per heavy atom. The van der Waals surface area contributed by atoms with Gasteiger partial charge in [0.25, 0.3) is 5.91 Å². The van der Waals surface area contributed by atoms with Gasteiger partial charge in [-0.15, -0.1) is 0 Å². The molecule has 0 radical (unpaired) electrons. The Labute approximate surface area is 160 Å². The van der Waals surface area contributed by atoms with Crippen molar-refractivity contribution in [3.8, 4) is 5.75 Å². The van der Waals surface area contributed by atoms with Gasteiger partial charge in [0.2, 0.25) is 0 Å². The summed E-state index contributed by atoms with van der Waals surface area (Å²) in [7, 11) is 1.68. The third kappa shape index (κ3) is 4.06. The molecule has 0 spiro atoms. The van der Waals surface area contributed by atoms with Gasteiger partial charge in [-0.3, -0.25) is 9.69 Å². The van der Waals surface area contributed by atoms with E-state index in [4.69, 9.17) is 14.5 Å². The Morgan fingerprint density at radius 2 is 2.11 bits per heavy atom. The average molecular weight is 369 g/mol. The summed E-state index contributed by atoms with van der Waals surface area (Å²) in [5.41, 5.74) is 1.94. The van der Waals surface area contributed by atoms with Gasteiger partial charge in [0.15, 0.2) is 0 Å². The molecule has 1 atom stereocenters. The largest absolute Gasteiger partial charge is 0.494 e. The van der Waals surface area contributed by atoms with Crippen LogP contribution in [0.1, 0.15) is 25.0 Å². The second-order valence-corrected chi connectivity index (χ2v) is 7.29. The molecule has 4 rings (SSSR count). The summed E-state index contributed by atoms with van der Waals surface area (Å²) < 4.78 is 11.0. The maximum absolute atomic E-state index is 12.6. The van der Waals surface area contributed by atoms with Gasteiger partial charge >= 0.3 is 0 Å². The number of methoxy groups -OCH3 is 1. The van der Waals surface area contributed by atoms with Crippen molar-refractivity contribution in [1.82, 2.24) is 14.8 Å². The molecule has 0 bridgehead atoms. The first-order valence-electron chi connectivity index (χ1n) is 9.80. The number of rotatable bonds is 4. The zero-order chi connectivity index (χ0) is 18.6. The molecule has 6 heteroatoms. The summed E-state index contributed by atoms with van der Waals surface area (Å²) >= 11 is 0. The molecule has 3 heterocycles. The molecular formula is C21H27N3O3. The second-order valence-electron chi connectivity index (χ2n) is 7.29. The summed E-state index contributed by atoms with van der Waals surface area (Å²) in [4.78, 5) is 21.8. The van der Waals surface area contributed by atoms with Crippen molar-refractivity contribution in [3.05, 3.63) is 36.0 Å². The molecule has 1 aromatic heterocycles. The summed E-state index contributed by atoms with van der Waals surface area (Å²) in [5.74, 6) is 0.974. The molecule has 6 nitrogen and oxygen atoms in total. The van der Waals surface area contributed by atoms with Crippen LogP contribution in [-0.2, 0) is 16.1 Å². The first kappa shape index (κ1) is 18.2. The van der Waals surface area contributed by atoms with Crippen LogP contribution in [0, 0.1) is 0 Å². The lowest BCUT2D eigenvalue weighted by atomic mass is 10.2. The van der Waals surface area contributed by atoms with E-state index < -0.39 is 0 Å². The van der Waals surface area contributed by atoms with Gasteiger partial charge in [-0.1, -0.05) is 18.2 Å². The second kappa shape index (κ2) is 8.23. The maximum atomic E-state index is 12.6. The fourth-order valence-electron chi connectivity index (χ4n) is 3.97. The topological polar surface area (TPSA) is 54.9 Å². The van der Waals surface area contributed by atoms with Gasteiger partial charge in [0.1, 0.15) is 17.4 Å².